The number of rotatable bonds is 7. The lowest BCUT2D eigenvalue weighted by molar-refractivity contribution is -0.117. The number of carbonyl (C=O) groups excluding carboxylic acids is 2. The van der Waals surface area contributed by atoms with E-state index >= 15 is 0 Å². The number of hydrogen-bond donors (Lipinski definition) is 1. The molecule has 1 aliphatic rings. The van der Waals surface area contributed by atoms with Crippen molar-refractivity contribution in [3.63, 3.8) is 0 Å². The Hall–Kier alpha value is -3.72. The van der Waals surface area contributed by atoms with Crippen LogP contribution in [0.25, 0.3) is 0 Å². The number of nitrogens with zero attached hydrogens (tertiary/aromatic N) is 2. The maximum absolute atomic E-state index is 13.5. The molecule has 0 bridgehead atoms. The molecular formula is C26H26FN3O4S. The van der Waals surface area contributed by atoms with Crippen LogP contribution in [0.2, 0.25) is 0 Å². The van der Waals surface area contributed by atoms with E-state index in [2.05, 4.69) is 5.32 Å². The first-order chi connectivity index (χ1) is 16.6. The molecule has 1 aliphatic heterocycles. The average molecular weight is 496 g/mol. The summed E-state index contributed by atoms with van der Waals surface area (Å²) >= 11 is 0. The van der Waals surface area contributed by atoms with Crippen molar-refractivity contribution >= 4 is 38.9 Å². The van der Waals surface area contributed by atoms with E-state index in [1.54, 1.807) is 35.2 Å². The van der Waals surface area contributed by atoms with Gasteiger partial charge in [0.05, 0.1) is 10.6 Å². The minimum Gasteiger partial charge on any atom is -0.324 e. The second-order valence-electron chi connectivity index (χ2n) is 8.50. The van der Waals surface area contributed by atoms with Gasteiger partial charge in [-0.3, -0.25) is 13.9 Å². The first kappa shape index (κ1) is 24.4. The van der Waals surface area contributed by atoms with Gasteiger partial charge in [0, 0.05) is 24.3 Å². The Kier molecular flexibility index (Phi) is 6.88. The molecule has 9 heteroatoms. The molecule has 1 fully saturated rings. The Labute approximate surface area is 204 Å². The van der Waals surface area contributed by atoms with Gasteiger partial charge in [0.2, 0.25) is 11.8 Å². The number of benzene rings is 3. The van der Waals surface area contributed by atoms with Crippen LogP contribution in [0, 0.1) is 19.7 Å². The molecule has 0 atom stereocenters. The third kappa shape index (κ3) is 5.35. The number of hydrogen-bond acceptors (Lipinski definition) is 4. The van der Waals surface area contributed by atoms with Crippen LogP contribution in [-0.2, 0) is 19.6 Å². The number of sulfonamides is 1. The quantitative estimate of drug-likeness (QED) is 0.526. The molecule has 3 aromatic rings. The average Bonchev–Trinajstić information content (AvgIpc) is 3.25. The molecule has 2 amide bonds. The summed E-state index contributed by atoms with van der Waals surface area (Å²) in [6.07, 6.45) is 1.26. The van der Waals surface area contributed by atoms with E-state index in [0.29, 0.717) is 24.3 Å². The standard InChI is InChI=1S/C26H26FN3O4S/c1-18-5-13-23(14-6-18)35(33,34)30(22-11-8-20(27)9-12-22)17-25(31)28-21-10-7-19(2)24(16-21)29-15-3-4-26(29)32/h5-14,16H,3-4,15,17H2,1-2H3,(H,28,31). The second kappa shape index (κ2) is 9.87. The van der Waals surface area contributed by atoms with Crippen molar-refractivity contribution in [2.45, 2.75) is 31.6 Å². The molecule has 0 aliphatic carbocycles. The predicted molar refractivity (Wildman–Crippen MR) is 134 cm³/mol. The van der Waals surface area contributed by atoms with Crippen molar-refractivity contribution in [2.24, 2.45) is 0 Å². The molecule has 7 nitrogen and oxygen atoms in total. The van der Waals surface area contributed by atoms with Gasteiger partial charge >= 0.3 is 0 Å². The summed E-state index contributed by atoms with van der Waals surface area (Å²) in [7, 11) is -4.11. The highest BCUT2D eigenvalue weighted by atomic mass is 32.2. The van der Waals surface area contributed by atoms with Crippen molar-refractivity contribution in [2.75, 3.05) is 27.6 Å². The Morgan fingerprint density at radius 1 is 1.03 bits per heavy atom. The van der Waals surface area contributed by atoms with E-state index in [1.165, 1.54) is 24.3 Å². The molecular weight excluding hydrogens is 469 g/mol. The number of nitrogens with one attached hydrogen (secondary N) is 1. The van der Waals surface area contributed by atoms with Gasteiger partial charge in [-0.2, -0.15) is 0 Å². The Morgan fingerprint density at radius 3 is 2.34 bits per heavy atom. The van der Waals surface area contributed by atoms with Crippen molar-refractivity contribution < 1.29 is 22.4 Å². The first-order valence-electron chi connectivity index (χ1n) is 11.2. The van der Waals surface area contributed by atoms with Crippen LogP contribution >= 0.6 is 0 Å². The van der Waals surface area contributed by atoms with Gasteiger partial charge in [-0.05, 0) is 74.4 Å². The zero-order valence-corrected chi connectivity index (χ0v) is 20.3. The first-order valence-corrected chi connectivity index (χ1v) is 12.6. The van der Waals surface area contributed by atoms with Gasteiger partial charge in [-0.15, -0.1) is 0 Å². The van der Waals surface area contributed by atoms with E-state index in [0.717, 1.165) is 34.0 Å². The summed E-state index contributed by atoms with van der Waals surface area (Å²) in [6, 6.07) is 16.4. The molecule has 0 unspecified atom stereocenters. The summed E-state index contributed by atoms with van der Waals surface area (Å²) in [5.74, 6) is -1.06. The number of anilines is 3. The number of aryl methyl sites for hydroxylation is 2. The zero-order valence-electron chi connectivity index (χ0n) is 19.5. The van der Waals surface area contributed by atoms with Gasteiger partial charge in [0.25, 0.3) is 10.0 Å². The minimum atomic E-state index is -4.11. The second-order valence-corrected chi connectivity index (χ2v) is 10.4. The number of carbonyl (C=O) groups is 2. The summed E-state index contributed by atoms with van der Waals surface area (Å²) in [6.45, 7) is 3.82. The molecule has 4 rings (SSSR count). The van der Waals surface area contributed by atoms with E-state index in [-0.39, 0.29) is 16.5 Å². The molecule has 1 N–H and O–H groups in total. The predicted octanol–water partition coefficient (Wildman–Crippen LogP) is 4.40. The lowest BCUT2D eigenvalue weighted by atomic mass is 10.1. The van der Waals surface area contributed by atoms with Gasteiger partial charge in [0.15, 0.2) is 0 Å². The maximum Gasteiger partial charge on any atom is 0.264 e. The van der Waals surface area contributed by atoms with Crippen molar-refractivity contribution in [3.05, 3.63) is 83.7 Å². The monoisotopic (exact) mass is 495 g/mol. The van der Waals surface area contributed by atoms with Crippen LogP contribution in [0.3, 0.4) is 0 Å². The molecule has 1 saturated heterocycles. The lowest BCUT2D eigenvalue weighted by Crippen LogP contribution is -2.38. The molecule has 1 heterocycles. The molecule has 3 aromatic carbocycles. The number of amides is 2. The molecule has 0 aromatic heterocycles. The van der Waals surface area contributed by atoms with Gasteiger partial charge < -0.3 is 10.2 Å². The lowest BCUT2D eigenvalue weighted by Gasteiger charge is -2.24. The van der Waals surface area contributed by atoms with Crippen LogP contribution in [0.1, 0.15) is 24.0 Å². The summed E-state index contributed by atoms with van der Waals surface area (Å²) in [5, 5.41) is 2.74. The van der Waals surface area contributed by atoms with Crippen LogP contribution in [-0.4, -0.2) is 33.3 Å². The Morgan fingerprint density at radius 2 is 1.71 bits per heavy atom. The summed E-state index contributed by atoms with van der Waals surface area (Å²) < 4.78 is 41.3. The molecule has 0 spiro atoms. The smallest absolute Gasteiger partial charge is 0.264 e. The molecule has 0 saturated carbocycles. The fourth-order valence-corrected chi connectivity index (χ4v) is 5.39. The highest BCUT2D eigenvalue weighted by Crippen LogP contribution is 2.29. The fourth-order valence-electron chi connectivity index (χ4n) is 3.97. The van der Waals surface area contributed by atoms with Crippen molar-refractivity contribution in [1.82, 2.24) is 0 Å². The largest absolute Gasteiger partial charge is 0.324 e. The van der Waals surface area contributed by atoms with Gasteiger partial charge in [-0.25, -0.2) is 12.8 Å². The topological polar surface area (TPSA) is 86.8 Å². The highest BCUT2D eigenvalue weighted by Gasteiger charge is 2.28. The Balaban J connectivity index is 1.61. The van der Waals surface area contributed by atoms with E-state index in [4.69, 9.17) is 0 Å². The molecule has 182 valence electrons. The Bertz CT molecular complexity index is 1360. The number of halogens is 1. The van der Waals surface area contributed by atoms with E-state index < -0.39 is 28.3 Å². The highest BCUT2D eigenvalue weighted by molar-refractivity contribution is 7.92. The van der Waals surface area contributed by atoms with Crippen LogP contribution in [0.5, 0.6) is 0 Å². The van der Waals surface area contributed by atoms with Crippen LogP contribution < -0.4 is 14.5 Å². The zero-order chi connectivity index (χ0) is 25.2. The fraction of sp³-hybridized carbons (Fsp3) is 0.231. The van der Waals surface area contributed by atoms with Crippen molar-refractivity contribution in [1.29, 1.82) is 0 Å². The SMILES string of the molecule is Cc1ccc(S(=O)(=O)N(CC(=O)Nc2ccc(C)c(N3CCCC3=O)c2)c2ccc(F)cc2)cc1. The summed E-state index contributed by atoms with van der Waals surface area (Å²) in [5.41, 5.74) is 3.11. The van der Waals surface area contributed by atoms with Gasteiger partial charge in [-0.1, -0.05) is 23.8 Å². The van der Waals surface area contributed by atoms with E-state index in [9.17, 15) is 22.4 Å². The third-order valence-corrected chi connectivity index (χ3v) is 7.66. The maximum atomic E-state index is 13.5. The van der Waals surface area contributed by atoms with E-state index in [1.807, 2.05) is 13.8 Å². The third-order valence-electron chi connectivity index (χ3n) is 5.87. The minimum absolute atomic E-state index is 0.0189. The van der Waals surface area contributed by atoms with Gasteiger partial charge in [0.1, 0.15) is 12.4 Å². The van der Waals surface area contributed by atoms with Crippen LogP contribution in [0.4, 0.5) is 21.5 Å². The van der Waals surface area contributed by atoms with Crippen LogP contribution in [0.15, 0.2) is 71.6 Å². The summed E-state index contributed by atoms with van der Waals surface area (Å²) in [4.78, 5) is 26.9. The van der Waals surface area contributed by atoms with Crippen molar-refractivity contribution in [3.8, 4) is 0 Å². The molecule has 0 radical (unpaired) electrons. The normalized spacial score (nSPS) is 13.7. The molecule has 35 heavy (non-hydrogen) atoms.